The average molecular weight is 252 g/mol. The van der Waals surface area contributed by atoms with E-state index in [9.17, 15) is 0 Å². The minimum atomic E-state index is 0.323. The van der Waals surface area contributed by atoms with Gasteiger partial charge < -0.3 is 14.6 Å². The number of rotatable bonds is 6. The van der Waals surface area contributed by atoms with Crippen molar-refractivity contribution in [2.45, 2.75) is 32.5 Å². The molecule has 1 unspecified atom stereocenters. The molecule has 102 valence electrons. The Kier molecular flexibility index (Phi) is 5.16. The van der Waals surface area contributed by atoms with Crippen molar-refractivity contribution in [1.82, 2.24) is 19.8 Å². The van der Waals surface area contributed by atoms with Crippen LogP contribution in [0, 0.1) is 0 Å². The SMILES string of the molecule is CC(C)N1CCOC(CNCCn2ccnc2)C1. The molecule has 5 heteroatoms. The first-order valence-corrected chi connectivity index (χ1v) is 6.78. The van der Waals surface area contributed by atoms with Crippen LogP contribution >= 0.6 is 0 Å². The zero-order valence-corrected chi connectivity index (χ0v) is 11.4. The van der Waals surface area contributed by atoms with Gasteiger partial charge >= 0.3 is 0 Å². The second kappa shape index (κ2) is 6.87. The quantitative estimate of drug-likeness (QED) is 0.752. The number of morpholine rings is 1. The number of nitrogens with zero attached hydrogens (tertiary/aromatic N) is 3. The Labute approximate surface area is 109 Å². The molecule has 2 heterocycles. The Balaban J connectivity index is 1.61. The summed E-state index contributed by atoms with van der Waals surface area (Å²) in [6.07, 6.45) is 5.97. The Morgan fingerprint density at radius 1 is 1.50 bits per heavy atom. The fourth-order valence-corrected chi connectivity index (χ4v) is 2.22. The van der Waals surface area contributed by atoms with Gasteiger partial charge in [-0.1, -0.05) is 0 Å². The molecule has 0 amide bonds. The van der Waals surface area contributed by atoms with E-state index in [0.717, 1.165) is 39.3 Å². The predicted molar refractivity (Wildman–Crippen MR) is 71.5 cm³/mol. The van der Waals surface area contributed by atoms with Crippen LogP contribution in [0.3, 0.4) is 0 Å². The first-order chi connectivity index (χ1) is 8.75. The van der Waals surface area contributed by atoms with Crippen LogP contribution in [-0.4, -0.2) is 59.4 Å². The fraction of sp³-hybridized carbons (Fsp3) is 0.769. The predicted octanol–water partition coefficient (Wildman–Crippen LogP) is 0.582. The van der Waals surface area contributed by atoms with Crippen molar-refractivity contribution >= 4 is 0 Å². The number of hydrogen-bond acceptors (Lipinski definition) is 4. The zero-order chi connectivity index (χ0) is 12.8. The summed E-state index contributed by atoms with van der Waals surface area (Å²) >= 11 is 0. The molecule has 1 saturated heterocycles. The molecule has 0 radical (unpaired) electrons. The molecular formula is C13H24N4O. The summed E-state index contributed by atoms with van der Waals surface area (Å²) in [4.78, 5) is 6.50. The van der Waals surface area contributed by atoms with Gasteiger partial charge in [0.2, 0.25) is 0 Å². The molecular weight excluding hydrogens is 228 g/mol. The number of imidazole rings is 1. The van der Waals surface area contributed by atoms with Gasteiger partial charge in [0.1, 0.15) is 0 Å². The van der Waals surface area contributed by atoms with Crippen LogP contribution in [-0.2, 0) is 11.3 Å². The third-order valence-electron chi connectivity index (χ3n) is 3.38. The smallest absolute Gasteiger partial charge is 0.0946 e. The highest BCUT2D eigenvalue weighted by molar-refractivity contribution is 4.77. The van der Waals surface area contributed by atoms with Crippen LogP contribution in [0.1, 0.15) is 13.8 Å². The van der Waals surface area contributed by atoms with E-state index >= 15 is 0 Å². The van der Waals surface area contributed by atoms with E-state index in [1.807, 2.05) is 18.7 Å². The number of aromatic nitrogens is 2. The first kappa shape index (κ1) is 13.5. The maximum Gasteiger partial charge on any atom is 0.0946 e. The minimum Gasteiger partial charge on any atom is -0.374 e. The van der Waals surface area contributed by atoms with Crippen molar-refractivity contribution in [2.75, 3.05) is 32.8 Å². The van der Waals surface area contributed by atoms with E-state index in [4.69, 9.17) is 4.74 Å². The lowest BCUT2D eigenvalue weighted by molar-refractivity contribution is -0.0371. The van der Waals surface area contributed by atoms with E-state index in [1.165, 1.54) is 0 Å². The lowest BCUT2D eigenvalue weighted by Gasteiger charge is -2.35. The van der Waals surface area contributed by atoms with Crippen molar-refractivity contribution in [2.24, 2.45) is 0 Å². The second-order valence-electron chi connectivity index (χ2n) is 5.09. The summed E-state index contributed by atoms with van der Waals surface area (Å²) in [6.45, 7) is 10.3. The maximum absolute atomic E-state index is 5.77. The van der Waals surface area contributed by atoms with Gasteiger partial charge in [0.15, 0.2) is 0 Å². The van der Waals surface area contributed by atoms with Crippen LogP contribution in [0.5, 0.6) is 0 Å². The first-order valence-electron chi connectivity index (χ1n) is 6.78. The Bertz CT molecular complexity index is 326. The highest BCUT2D eigenvalue weighted by Crippen LogP contribution is 2.07. The minimum absolute atomic E-state index is 0.323. The fourth-order valence-electron chi connectivity index (χ4n) is 2.22. The van der Waals surface area contributed by atoms with Gasteiger partial charge in [-0.15, -0.1) is 0 Å². The van der Waals surface area contributed by atoms with Gasteiger partial charge in [-0.25, -0.2) is 4.98 Å². The summed E-state index contributed by atoms with van der Waals surface area (Å²) in [5.74, 6) is 0. The molecule has 0 bridgehead atoms. The van der Waals surface area contributed by atoms with E-state index < -0.39 is 0 Å². The van der Waals surface area contributed by atoms with Gasteiger partial charge in [0.25, 0.3) is 0 Å². The van der Waals surface area contributed by atoms with Gasteiger partial charge in [0, 0.05) is 51.2 Å². The Hall–Kier alpha value is -0.910. The molecule has 0 aromatic carbocycles. The lowest BCUT2D eigenvalue weighted by Crippen LogP contribution is -2.49. The molecule has 1 aromatic rings. The van der Waals surface area contributed by atoms with E-state index in [0.29, 0.717) is 12.1 Å². The summed E-state index contributed by atoms with van der Waals surface area (Å²) in [7, 11) is 0. The molecule has 0 saturated carbocycles. The molecule has 1 aromatic heterocycles. The number of nitrogens with one attached hydrogen (secondary N) is 1. The monoisotopic (exact) mass is 252 g/mol. The van der Waals surface area contributed by atoms with Crippen LogP contribution in [0.4, 0.5) is 0 Å². The van der Waals surface area contributed by atoms with Gasteiger partial charge in [-0.3, -0.25) is 4.90 Å². The molecule has 1 fully saturated rings. The molecule has 2 rings (SSSR count). The second-order valence-corrected chi connectivity index (χ2v) is 5.09. The Morgan fingerprint density at radius 2 is 2.39 bits per heavy atom. The largest absolute Gasteiger partial charge is 0.374 e. The van der Waals surface area contributed by atoms with Gasteiger partial charge in [-0.2, -0.15) is 0 Å². The van der Waals surface area contributed by atoms with Crippen LogP contribution in [0.2, 0.25) is 0 Å². The average Bonchev–Trinajstić information content (AvgIpc) is 2.88. The Morgan fingerprint density at radius 3 is 3.11 bits per heavy atom. The molecule has 0 spiro atoms. The molecule has 1 N–H and O–H groups in total. The van der Waals surface area contributed by atoms with Crippen molar-refractivity contribution in [3.05, 3.63) is 18.7 Å². The van der Waals surface area contributed by atoms with Crippen molar-refractivity contribution in [3.8, 4) is 0 Å². The molecule has 18 heavy (non-hydrogen) atoms. The van der Waals surface area contributed by atoms with Crippen molar-refractivity contribution < 1.29 is 4.74 Å². The van der Waals surface area contributed by atoms with Gasteiger partial charge in [-0.05, 0) is 13.8 Å². The van der Waals surface area contributed by atoms with Crippen LogP contribution in [0.15, 0.2) is 18.7 Å². The summed E-state index contributed by atoms with van der Waals surface area (Å²) in [5.41, 5.74) is 0. The molecule has 0 aliphatic carbocycles. The van der Waals surface area contributed by atoms with E-state index in [-0.39, 0.29) is 0 Å². The van der Waals surface area contributed by atoms with Gasteiger partial charge in [0.05, 0.1) is 19.0 Å². The standard InChI is InChI=1S/C13H24N4O/c1-12(2)17-7-8-18-13(10-17)9-14-3-5-16-6-4-15-11-16/h4,6,11-14H,3,5,7-10H2,1-2H3. The van der Waals surface area contributed by atoms with Crippen LogP contribution < -0.4 is 5.32 Å². The maximum atomic E-state index is 5.77. The third-order valence-corrected chi connectivity index (χ3v) is 3.38. The number of ether oxygens (including phenoxy) is 1. The topological polar surface area (TPSA) is 42.3 Å². The molecule has 5 nitrogen and oxygen atoms in total. The summed E-state index contributed by atoms with van der Waals surface area (Å²) in [5, 5.41) is 3.45. The van der Waals surface area contributed by atoms with E-state index in [2.05, 4.69) is 33.6 Å². The van der Waals surface area contributed by atoms with E-state index in [1.54, 1.807) is 0 Å². The summed E-state index contributed by atoms with van der Waals surface area (Å²) in [6, 6.07) is 0.613. The normalized spacial score (nSPS) is 21.6. The lowest BCUT2D eigenvalue weighted by atomic mass is 10.2. The highest BCUT2D eigenvalue weighted by Gasteiger charge is 2.21. The zero-order valence-electron chi connectivity index (χ0n) is 11.4. The van der Waals surface area contributed by atoms with Crippen LogP contribution in [0.25, 0.3) is 0 Å². The van der Waals surface area contributed by atoms with Crippen molar-refractivity contribution in [1.29, 1.82) is 0 Å². The summed E-state index contributed by atoms with van der Waals surface area (Å²) < 4.78 is 7.85. The molecule has 1 atom stereocenters. The highest BCUT2D eigenvalue weighted by atomic mass is 16.5. The van der Waals surface area contributed by atoms with Crippen molar-refractivity contribution in [3.63, 3.8) is 0 Å². The third kappa shape index (κ3) is 4.08. The number of hydrogen-bond donors (Lipinski definition) is 1. The molecule has 1 aliphatic rings. The molecule has 1 aliphatic heterocycles.